The van der Waals surface area contributed by atoms with Gasteiger partial charge in [0.2, 0.25) is 0 Å². The minimum absolute atomic E-state index is 0.125. The number of carbonyl (C=O) groups excluding carboxylic acids is 1. The van der Waals surface area contributed by atoms with E-state index in [9.17, 15) is 9.90 Å². The van der Waals surface area contributed by atoms with Crippen molar-refractivity contribution in [1.82, 2.24) is 4.90 Å². The van der Waals surface area contributed by atoms with E-state index < -0.39 is 12.2 Å². The quantitative estimate of drug-likeness (QED) is 0.919. The van der Waals surface area contributed by atoms with Crippen LogP contribution in [0.4, 0.5) is 0 Å². The number of ether oxygens (including phenoxy) is 1. The van der Waals surface area contributed by atoms with Crippen molar-refractivity contribution < 1.29 is 14.6 Å². The third-order valence-corrected chi connectivity index (χ3v) is 4.32. The van der Waals surface area contributed by atoms with Gasteiger partial charge >= 0.3 is 0 Å². The molecule has 0 bridgehead atoms. The number of aliphatic hydroxyl groups is 1. The standard InChI is InChI=1S/C20H23NO3/c22-18-12-7-13-21(14-16-8-3-1-4-9-16)20(23)19(18)24-15-17-10-5-2-6-11-17/h1-6,8-11,18-19,22H,7,12-15H2/t18-,19-/m1/s1. The van der Waals surface area contributed by atoms with E-state index in [4.69, 9.17) is 4.74 Å². The predicted octanol–water partition coefficient (Wildman–Crippen LogP) is 2.76. The summed E-state index contributed by atoms with van der Waals surface area (Å²) in [4.78, 5) is 14.6. The predicted molar refractivity (Wildman–Crippen MR) is 92.1 cm³/mol. The minimum atomic E-state index is -0.795. The molecule has 0 spiro atoms. The molecule has 126 valence electrons. The molecule has 1 aliphatic rings. The molecule has 1 heterocycles. The van der Waals surface area contributed by atoms with Crippen molar-refractivity contribution in [3.63, 3.8) is 0 Å². The molecule has 4 nitrogen and oxygen atoms in total. The summed E-state index contributed by atoms with van der Waals surface area (Å²) in [5.41, 5.74) is 2.08. The van der Waals surface area contributed by atoms with Gasteiger partial charge < -0.3 is 14.7 Å². The van der Waals surface area contributed by atoms with Crippen molar-refractivity contribution >= 4 is 5.91 Å². The smallest absolute Gasteiger partial charge is 0.254 e. The van der Waals surface area contributed by atoms with Crippen LogP contribution in [0.3, 0.4) is 0 Å². The van der Waals surface area contributed by atoms with Gasteiger partial charge in [0.05, 0.1) is 12.7 Å². The molecule has 2 atom stereocenters. The van der Waals surface area contributed by atoms with Crippen LogP contribution >= 0.6 is 0 Å². The van der Waals surface area contributed by atoms with Crippen molar-refractivity contribution in [1.29, 1.82) is 0 Å². The zero-order valence-electron chi connectivity index (χ0n) is 13.7. The van der Waals surface area contributed by atoms with Crippen LogP contribution in [0.25, 0.3) is 0 Å². The molecule has 1 aliphatic heterocycles. The third-order valence-electron chi connectivity index (χ3n) is 4.32. The van der Waals surface area contributed by atoms with Gasteiger partial charge in [0.1, 0.15) is 0 Å². The monoisotopic (exact) mass is 325 g/mol. The van der Waals surface area contributed by atoms with Gasteiger partial charge in [0.15, 0.2) is 6.10 Å². The Bertz CT molecular complexity index is 644. The van der Waals surface area contributed by atoms with Gasteiger partial charge in [-0.25, -0.2) is 0 Å². The highest BCUT2D eigenvalue weighted by Crippen LogP contribution is 2.19. The molecule has 4 heteroatoms. The van der Waals surface area contributed by atoms with Gasteiger partial charge in [-0.3, -0.25) is 4.79 Å². The molecule has 0 radical (unpaired) electrons. The number of likely N-dealkylation sites (tertiary alicyclic amines) is 1. The third kappa shape index (κ3) is 4.22. The Morgan fingerprint density at radius 3 is 2.29 bits per heavy atom. The molecule has 1 fully saturated rings. The maximum absolute atomic E-state index is 12.8. The van der Waals surface area contributed by atoms with Gasteiger partial charge in [0, 0.05) is 13.1 Å². The van der Waals surface area contributed by atoms with Crippen molar-refractivity contribution in [3.05, 3.63) is 71.8 Å². The fourth-order valence-corrected chi connectivity index (χ4v) is 3.00. The van der Waals surface area contributed by atoms with Crippen LogP contribution in [-0.4, -0.2) is 34.7 Å². The summed E-state index contributed by atoms with van der Waals surface area (Å²) in [7, 11) is 0. The number of hydrogen-bond acceptors (Lipinski definition) is 3. The van der Waals surface area contributed by atoms with E-state index in [0.717, 1.165) is 17.5 Å². The fraction of sp³-hybridized carbons (Fsp3) is 0.350. The van der Waals surface area contributed by atoms with E-state index >= 15 is 0 Å². The summed E-state index contributed by atoms with van der Waals surface area (Å²) >= 11 is 0. The fourth-order valence-electron chi connectivity index (χ4n) is 3.00. The van der Waals surface area contributed by atoms with Crippen LogP contribution in [0.2, 0.25) is 0 Å². The number of nitrogens with zero attached hydrogens (tertiary/aromatic N) is 1. The number of amides is 1. The van der Waals surface area contributed by atoms with Crippen LogP contribution in [0.15, 0.2) is 60.7 Å². The topological polar surface area (TPSA) is 49.8 Å². The number of rotatable bonds is 5. The average molecular weight is 325 g/mol. The van der Waals surface area contributed by atoms with Crippen LogP contribution in [0.1, 0.15) is 24.0 Å². The van der Waals surface area contributed by atoms with E-state index in [1.807, 2.05) is 60.7 Å². The second-order valence-corrected chi connectivity index (χ2v) is 6.17. The Morgan fingerprint density at radius 2 is 1.62 bits per heavy atom. The van der Waals surface area contributed by atoms with E-state index in [2.05, 4.69) is 0 Å². The largest absolute Gasteiger partial charge is 0.390 e. The second kappa shape index (κ2) is 8.08. The van der Waals surface area contributed by atoms with E-state index in [1.165, 1.54) is 0 Å². The summed E-state index contributed by atoms with van der Waals surface area (Å²) in [5.74, 6) is -0.125. The molecule has 1 N–H and O–H groups in total. The molecular formula is C20H23NO3. The second-order valence-electron chi connectivity index (χ2n) is 6.17. The molecule has 1 amide bonds. The maximum Gasteiger partial charge on any atom is 0.254 e. The molecule has 0 unspecified atom stereocenters. The normalized spacial score (nSPS) is 21.5. The highest BCUT2D eigenvalue weighted by atomic mass is 16.5. The van der Waals surface area contributed by atoms with Crippen LogP contribution in [-0.2, 0) is 22.7 Å². The molecule has 0 aromatic heterocycles. The van der Waals surface area contributed by atoms with E-state index in [0.29, 0.717) is 26.1 Å². The number of carbonyl (C=O) groups is 1. The Balaban J connectivity index is 1.68. The average Bonchev–Trinajstić information content (AvgIpc) is 2.74. The Labute approximate surface area is 142 Å². The minimum Gasteiger partial charge on any atom is -0.390 e. The van der Waals surface area contributed by atoms with Crippen LogP contribution < -0.4 is 0 Å². The molecular weight excluding hydrogens is 302 g/mol. The lowest BCUT2D eigenvalue weighted by atomic mass is 10.1. The van der Waals surface area contributed by atoms with Crippen LogP contribution in [0, 0.1) is 0 Å². The summed E-state index contributed by atoms with van der Waals surface area (Å²) in [6.07, 6.45) is -0.181. The highest BCUT2D eigenvalue weighted by Gasteiger charge is 2.34. The molecule has 0 aliphatic carbocycles. The van der Waals surface area contributed by atoms with Crippen molar-refractivity contribution in [2.24, 2.45) is 0 Å². The maximum atomic E-state index is 12.8. The molecule has 3 rings (SSSR count). The summed E-state index contributed by atoms with van der Waals surface area (Å²) in [6.45, 7) is 1.53. The molecule has 1 saturated heterocycles. The number of benzene rings is 2. The first kappa shape index (κ1) is 16.7. The molecule has 2 aromatic carbocycles. The van der Waals surface area contributed by atoms with Gasteiger partial charge in [-0.15, -0.1) is 0 Å². The summed E-state index contributed by atoms with van der Waals surface area (Å²) in [5, 5.41) is 10.3. The Morgan fingerprint density at radius 1 is 1.00 bits per heavy atom. The first-order valence-corrected chi connectivity index (χ1v) is 8.40. The Hall–Kier alpha value is -2.17. The summed E-state index contributed by atoms with van der Waals surface area (Å²) in [6, 6.07) is 19.6. The lowest BCUT2D eigenvalue weighted by molar-refractivity contribution is -0.151. The van der Waals surface area contributed by atoms with Gasteiger partial charge in [-0.05, 0) is 24.0 Å². The number of aliphatic hydroxyl groups excluding tert-OH is 1. The van der Waals surface area contributed by atoms with Crippen molar-refractivity contribution in [2.75, 3.05) is 6.54 Å². The van der Waals surface area contributed by atoms with Gasteiger partial charge in [0.25, 0.3) is 5.91 Å². The highest BCUT2D eigenvalue weighted by molar-refractivity contribution is 5.82. The first-order chi connectivity index (χ1) is 11.7. The van der Waals surface area contributed by atoms with Crippen LogP contribution in [0.5, 0.6) is 0 Å². The van der Waals surface area contributed by atoms with Crippen molar-refractivity contribution in [3.8, 4) is 0 Å². The zero-order valence-corrected chi connectivity index (χ0v) is 13.7. The molecule has 0 saturated carbocycles. The lowest BCUT2D eigenvalue weighted by Gasteiger charge is -2.26. The van der Waals surface area contributed by atoms with E-state index in [1.54, 1.807) is 4.90 Å². The zero-order chi connectivity index (χ0) is 16.8. The van der Waals surface area contributed by atoms with Gasteiger partial charge in [-0.2, -0.15) is 0 Å². The molecule has 2 aromatic rings. The summed E-state index contributed by atoms with van der Waals surface area (Å²) < 4.78 is 5.80. The van der Waals surface area contributed by atoms with Gasteiger partial charge in [-0.1, -0.05) is 60.7 Å². The molecule has 24 heavy (non-hydrogen) atoms. The van der Waals surface area contributed by atoms with E-state index in [-0.39, 0.29) is 5.91 Å². The Kier molecular flexibility index (Phi) is 5.62. The lowest BCUT2D eigenvalue weighted by Crippen LogP contribution is -2.43. The number of hydrogen-bond donors (Lipinski definition) is 1. The van der Waals surface area contributed by atoms with Crippen molar-refractivity contribution in [2.45, 2.75) is 38.2 Å². The first-order valence-electron chi connectivity index (χ1n) is 8.40. The SMILES string of the molecule is O=C1[C@H](OCc2ccccc2)[C@H](O)CCCN1Cc1ccccc1.